The Labute approximate surface area is 159 Å². The first-order valence-electron chi connectivity index (χ1n) is 8.76. The van der Waals surface area contributed by atoms with Gasteiger partial charge in [-0.2, -0.15) is 0 Å². The van der Waals surface area contributed by atoms with Gasteiger partial charge in [0.1, 0.15) is 11.5 Å². The Morgan fingerprint density at radius 2 is 1.89 bits per heavy atom. The van der Waals surface area contributed by atoms with Gasteiger partial charge in [0.15, 0.2) is 6.10 Å². The van der Waals surface area contributed by atoms with Gasteiger partial charge in [-0.15, -0.1) is 0 Å². The number of methoxy groups -OCH3 is 1. The molecule has 2 atom stereocenters. The number of hydrogen-bond acceptors (Lipinski definition) is 4. The van der Waals surface area contributed by atoms with E-state index in [0.29, 0.717) is 11.5 Å². The molecule has 0 aliphatic carbocycles. The Hall–Kier alpha value is -3.02. The molecule has 2 rings (SSSR count). The van der Waals surface area contributed by atoms with Crippen LogP contribution in [0.25, 0.3) is 0 Å². The van der Waals surface area contributed by atoms with Crippen molar-refractivity contribution in [3.8, 4) is 11.5 Å². The molecule has 0 aliphatic rings. The zero-order valence-corrected chi connectivity index (χ0v) is 15.8. The number of aliphatic carboxylic acids is 1. The van der Waals surface area contributed by atoms with Gasteiger partial charge < -0.3 is 19.9 Å². The summed E-state index contributed by atoms with van der Waals surface area (Å²) in [5.41, 5.74) is 1.81. The number of aryl methyl sites for hydroxylation is 1. The Kier molecular flexibility index (Phi) is 7.23. The predicted molar refractivity (Wildman–Crippen MR) is 102 cm³/mol. The maximum Gasteiger partial charge on any atom is 0.308 e. The van der Waals surface area contributed by atoms with Crippen LogP contribution < -0.4 is 14.8 Å². The van der Waals surface area contributed by atoms with Crippen LogP contribution in [0.4, 0.5) is 0 Å². The highest BCUT2D eigenvalue weighted by molar-refractivity contribution is 5.81. The normalized spacial score (nSPS) is 12.7. The standard InChI is InChI=1S/C21H25NO5/c1-14-7-6-9-18(11-14)27-15(2)20(23)22-13-17(21(24)25)12-16-8-4-5-10-19(16)26-3/h4-11,15,17H,12-13H2,1-3H3,(H,22,23)(H,24,25). The molecular formula is C21H25NO5. The van der Waals surface area contributed by atoms with Crippen LogP contribution in [0, 0.1) is 12.8 Å². The molecule has 0 fully saturated rings. The number of carbonyl (C=O) groups excluding carboxylic acids is 1. The second-order valence-corrected chi connectivity index (χ2v) is 6.37. The second kappa shape index (κ2) is 9.62. The smallest absolute Gasteiger partial charge is 0.308 e. The molecule has 0 saturated carbocycles. The molecule has 6 heteroatoms. The van der Waals surface area contributed by atoms with Gasteiger partial charge in [-0.1, -0.05) is 30.3 Å². The first kappa shape index (κ1) is 20.3. The van der Waals surface area contributed by atoms with E-state index in [-0.39, 0.29) is 18.9 Å². The van der Waals surface area contributed by atoms with Crippen LogP contribution in [0.3, 0.4) is 0 Å². The molecule has 2 aromatic carbocycles. The fraction of sp³-hybridized carbons (Fsp3) is 0.333. The Bertz CT molecular complexity index is 790. The van der Waals surface area contributed by atoms with Gasteiger partial charge in [-0.3, -0.25) is 9.59 Å². The third-order valence-corrected chi connectivity index (χ3v) is 4.20. The molecule has 144 valence electrons. The van der Waals surface area contributed by atoms with Gasteiger partial charge in [0.2, 0.25) is 0 Å². The number of carboxylic acids is 1. The van der Waals surface area contributed by atoms with Crippen LogP contribution in [0.5, 0.6) is 11.5 Å². The minimum atomic E-state index is -0.978. The molecule has 0 heterocycles. The summed E-state index contributed by atoms with van der Waals surface area (Å²) in [7, 11) is 1.54. The average Bonchev–Trinajstić information content (AvgIpc) is 2.64. The van der Waals surface area contributed by atoms with Gasteiger partial charge >= 0.3 is 5.97 Å². The average molecular weight is 371 g/mol. The van der Waals surface area contributed by atoms with Gasteiger partial charge in [0.25, 0.3) is 5.91 Å². The summed E-state index contributed by atoms with van der Waals surface area (Å²) < 4.78 is 10.9. The number of para-hydroxylation sites is 1. The number of ether oxygens (including phenoxy) is 2. The molecule has 2 N–H and O–H groups in total. The molecule has 0 aromatic heterocycles. The molecule has 1 amide bonds. The monoisotopic (exact) mass is 371 g/mol. The maximum absolute atomic E-state index is 12.3. The minimum absolute atomic E-state index is 0.00767. The number of nitrogens with one attached hydrogen (secondary N) is 1. The first-order valence-corrected chi connectivity index (χ1v) is 8.76. The zero-order chi connectivity index (χ0) is 19.8. The Morgan fingerprint density at radius 3 is 2.56 bits per heavy atom. The van der Waals surface area contributed by atoms with E-state index in [2.05, 4.69) is 5.32 Å². The molecule has 0 radical (unpaired) electrons. The third-order valence-electron chi connectivity index (χ3n) is 4.20. The van der Waals surface area contributed by atoms with Crippen molar-refractivity contribution in [2.75, 3.05) is 13.7 Å². The molecule has 6 nitrogen and oxygen atoms in total. The summed E-state index contributed by atoms with van der Waals surface area (Å²) in [6.07, 6.45) is -0.472. The highest BCUT2D eigenvalue weighted by Gasteiger charge is 2.22. The number of carbonyl (C=O) groups is 2. The first-order chi connectivity index (χ1) is 12.9. The number of benzene rings is 2. The van der Waals surface area contributed by atoms with Gasteiger partial charge in [0, 0.05) is 6.54 Å². The number of carboxylic acid groups (broad SMARTS) is 1. The quantitative estimate of drug-likeness (QED) is 0.708. The molecule has 0 bridgehead atoms. The van der Waals surface area contributed by atoms with Gasteiger partial charge in [0.05, 0.1) is 13.0 Å². The van der Waals surface area contributed by atoms with Crippen molar-refractivity contribution in [1.29, 1.82) is 0 Å². The van der Waals surface area contributed by atoms with E-state index >= 15 is 0 Å². The van der Waals surface area contributed by atoms with Crippen LogP contribution in [0.1, 0.15) is 18.1 Å². The van der Waals surface area contributed by atoms with Crippen molar-refractivity contribution >= 4 is 11.9 Å². The summed E-state index contributed by atoms with van der Waals surface area (Å²) in [6, 6.07) is 14.7. The summed E-state index contributed by atoms with van der Waals surface area (Å²) >= 11 is 0. The fourth-order valence-electron chi connectivity index (χ4n) is 2.70. The topological polar surface area (TPSA) is 84.9 Å². The minimum Gasteiger partial charge on any atom is -0.496 e. The Morgan fingerprint density at radius 1 is 1.15 bits per heavy atom. The van der Waals surface area contributed by atoms with Crippen LogP contribution in [-0.2, 0) is 16.0 Å². The lowest BCUT2D eigenvalue weighted by Gasteiger charge is -2.18. The number of amides is 1. The largest absolute Gasteiger partial charge is 0.496 e. The van der Waals surface area contributed by atoms with Gasteiger partial charge in [-0.05, 0) is 49.6 Å². The molecule has 2 aromatic rings. The third kappa shape index (κ3) is 6.02. The second-order valence-electron chi connectivity index (χ2n) is 6.37. The molecule has 0 aliphatic heterocycles. The maximum atomic E-state index is 12.3. The lowest BCUT2D eigenvalue weighted by molar-refractivity contribution is -0.141. The number of rotatable bonds is 9. The SMILES string of the molecule is COc1ccccc1CC(CNC(=O)C(C)Oc1cccc(C)c1)C(=O)O. The van der Waals surface area contributed by atoms with E-state index in [4.69, 9.17) is 9.47 Å². The van der Waals surface area contributed by atoms with Crippen molar-refractivity contribution in [2.45, 2.75) is 26.4 Å². The van der Waals surface area contributed by atoms with Crippen LogP contribution in [0.15, 0.2) is 48.5 Å². The van der Waals surface area contributed by atoms with Crippen LogP contribution in [0.2, 0.25) is 0 Å². The highest BCUT2D eigenvalue weighted by Crippen LogP contribution is 2.21. The van der Waals surface area contributed by atoms with Crippen molar-refractivity contribution in [2.24, 2.45) is 5.92 Å². The predicted octanol–water partition coefficient (Wildman–Crippen LogP) is 2.83. The molecular weight excluding hydrogens is 346 g/mol. The lowest BCUT2D eigenvalue weighted by Crippen LogP contribution is -2.41. The van der Waals surface area contributed by atoms with Crippen LogP contribution >= 0.6 is 0 Å². The highest BCUT2D eigenvalue weighted by atomic mass is 16.5. The van der Waals surface area contributed by atoms with E-state index in [1.165, 1.54) is 0 Å². The summed E-state index contributed by atoms with van der Waals surface area (Å²) in [6.45, 7) is 3.58. The van der Waals surface area contributed by atoms with E-state index in [0.717, 1.165) is 11.1 Å². The summed E-state index contributed by atoms with van der Waals surface area (Å²) in [5.74, 6) is -0.875. The molecule has 0 saturated heterocycles. The molecule has 27 heavy (non-hydrogen) atoms. The van der Waals surface area contributed by atoms with Crippen molar-refractivity contribution in [3.63, 3.8) is 0 Å². The van der Waals surface area contributed by atoms with E-state index in [1.54, 1.807) is 26.2 Å². The summed E-state index contributed by atoms with van der Waals surface area (Å²) in [4.78, 5) is 23.9. The van der Waals surface area contributed by atoms with E-state index < -0.39 is 18.0 Å². The fourth-order valence-corrected chi connectivity index (χ4v) is 2.70. The molecule has 0 spiro atoms. The van der Waals surface area contributed by atoms with Crippen LogP contribution in [-0.4, -0.2) is 36.7 Å². The molecule has 2 unspecified atom stereocenters. The zero-order valence-electron chi connectivity index (χ0n) is 15.8. The van der Waals surface area contributed by atoms with Crippen molar-refractivity contribution < 1.29 is 24.2 Å². The van der Waals surface area contributed by atoms with Crippen molar-refractivity contribution in [1.82, 2.24) is 5.32 Å². The van der Waals surface area contributed by atoms with E-state index in [9.17, 15) is 14.7 Å². The lowest BCUT2D eigenvalue weighted by atomic mass is 9.98. The Balaban J connectivity index is 1.94. The van der Waals surface area contributed by atoms with Gasteiger partial charge in [-0.25, -0.2) is 0 Å². The van der Waals surface area contributed by atoms with Crippen molar-refractivity contribution in [3.05, 3.63) is 59.7 Å². The van der Waals surface area contributed by atoms with E-state index in [1.807, 2.05) is 43.3 Å². The summed E-state index contributed by atoms with van der Waals surface area (Å²) in [5, 5.41) is 12.2. The number of hydrogen-bond donors (Lipinski definition) is 2.